The van der Waals surface area contributed by atoms with E-state index in [1.165, 1.54) is 6.07 Å². The molecule has 1 atom stereocenters. The Hall–Kier alpha value is -2.27. The van der Waals surface area contributed by atoms with E-state index in [9.17, 15) is 21.6 Å². The second-order valence-corrected chi connectivity index (χ2v) is 11.5. The number of rotatable bonds is 6. The third-order valence-corrected chi connectivity index (χ3v) is 8.93. The highest BCUT2D eigenvalue weighted by atomic mass is 35.5. The molecule has 1 fully saturated rings. The number of alkyl halides is 3. The number of hydrogen-bond donors (Lipinski definition) is 1. The Morgan fingerprint density at radius 3 is 2.56 bits per heavy atom. The highest BCUT2D eigenvalue weighted by molar-refractivity contribution is 7.94. The SMILES string of the molecule is Cc1ccccc1-c1sc(S(=O)(=O)Nc2ccc(C(F)(F)F)c(O[C@@H]3CCN(C)C3)c2)cc1Cl. The van der Waals surface area contributed by atoms with Gasteiger partial charge in [-0.1, -0.05) is 35.9 Å². The highest BCUT2D eigenvalue weighted by Crippen LogP contribution is 2.41. The molecule has 0 aliphatic carbocycles. The molecule has 0 unspecified atom stereocenters. The third kappa shape index (κ3) is 5.35. The van der Waals surface area contributed by atoms with E-state index >= 15 is 0 Å². The van der Waals surface area contributed by atoms with Gasteiger partial charge in [0.2, 0.25) is 0 Å². The van der Waals surface area contributed by atoms with Crippen LogP contribution in [-0.2, 0) is 16.2 Å². The van der Waals surface area contributed by atoms with Crippen LogP contribution in [0.5, 0.6) is 5.75 Å². The fourth-order valence-electron chi connectivity index (χ4n) is 3.78. The Balaban J connectivity index is 1.63. The standard InChI is InChI=1S/C23H22ClF3N2O3S2/c1-14-5-3-4-6-17(14)22-19(24)12-21(33-22)34(30,31)28-15-7-8-18(23(25,26)27)20(11-15)32-16-9-10-29(2)13-16/h3-8,11-12,16,28H,9-10,13H2,1-2H3/t16-/m1/s1. The topological polar surface area (TPSA) is 58.6 Å². The monoisotopic (exact) mass is 530 g/mol. The zero-order chi connectivity index (χ0) is 24.7. The van der Waals surface area contributed by atoms with Gasteiger partial charge in [-0.05, 0) is 49.7 Å². The largest absolute Gasteiger partial charge is 0.488 e. The van der Waals surface area contributed by atoms with E-state index in [0.717, 1.165) is 40.7 Å². The van der Waals surface area contributed by atoms with Crippen LogP contribution in [-0.4, -0.2) is 39.6 Å². The van der Waals surface area contributed by atoms with E-state index in [2.05, 4.69) is 4.72 Å². The summed E-state index contributed by atoms with van der Waals surface area (Å²) in [4.78, 5) is 2.55. The van der Waals surface area contributed by atoms with Crippen LogP contribution in [0.4, 0.5) is 18.9 Å². The number of hydrogen-bond acceptors (Lipinski definition) is 5. The maximum Gasteiger partial charge on any atom is 0.419 e. The van der Waals surface area contributed by atoms with Gasteiger partial charge >= 0.3 is 6.18 Å². The smallest absolute Gasteiger partial charge is 0.419 e. The summed E-state index contributed by atoms with van der Waals surface area (Å²) in [6.45, 7) is 3.09. The van der Waals surface area contributed by atoms with Gasteiger partial charge in [0.1, 0.15) is 16.1 Å². The Labute approximate surface area is 205 Å². The minimum absolute atomic E-state index is 0.0312. The van der Waals surface area contributed by atoms with Crippen molar-refractivity contribution in [1.82, 2.24) is 4.90 Å². The quantitative estimate of drug-likeness (QED) is 0.407. The number of sulfonamides is 1. The summed E-state index contributed by atoms with van der Waals surface area (Å²) >= 11 is 7.32. The molecule has 3 aromatic rings. The van der Waals surface area contributed by atoms with Gasteiger partial charge in [-0.3, -0.25) is 4.72 Å². The van der Waals surface area contributed by atoms with E-state index < -0.39 is 33.6 Å². The fraction of sp³-hybridized carbons (Fsp3) is 0.304. The summed E-state index contributed by atoms with van der Waals surface area (Å²) < 4.78 is 74.6. The lowest BCUT2D eigenvalue weighted by atomic mass is 10.1. The van der Waals surface area contributed by atoms with Crippen molar-refractivity contribution in [1.29, 1.82) is 0 Å². The van der Waals surface area contributed by atoms with Crippen molar-refractivity contribution < 1.29 is 26.3 Å². The molecular weight excluding hydrogens is 509 g/mol. The van der Waals surface area contributed by atoms with Crippen LogP contribution in [0.2, 0.25) is 5.02 Å². The van der Waals surface area contributed by atoms with Crippen molar-refractivity contribution in [2.45, 2.75) is 29.8 Å². The highest BCUT2D eigenvalue weighted by Gasteiger charge is 2.36. The van der Waals surface area contributed by atoms with Crippen LogP contribution >= 0.6 is 22.9 Å². The number of likely N-dealkylation sites (tertiary alicyclic amines) is 1. The maximum absolute atomic E-state index is 13.5. The molecule has 0 spiro atoms. The summed E-state index contributed by atoms with van der Waals surface area (Å²) in [5.41, 5.74) is 0.762. The second-order valence-electron chi connectivity index (χ2n) is 8.16. The molecule has 0 radical (unpaired) electrons. The van der Waals surface area contributed by atoms with Crippen LogP contribution < -0.4 is 9.46 Å². The zero-order valence-electron chi connectivity index (χ0n) is 18.3. The summed E-state index contributed by atoms with van der Waals surface area (Å²) in [5, 5.41) is 0.279. The van der Waals surface area contributed by atoms with E-state index in [-0.39, 0.29) is 14.9 Å². The first kappa shape index (κ1) is 24.8. The molecular formula is C23H22ClF3N2O3S2. The first-order valence-electron chi connectivity index (χ1n) is 10.4. The fourth-order valence-corrected chi connectivity index (χ4v) is 6.74. The minimum atomic E-state index is -4.64. The number of likely N-dealkylation sites (N-methyl/N-ethyl adjacent to an activating group) is 1. The van der Waals surface area contributed by atoms with Gasteiger partial charge in [0.15, 0.2) is 0 Å². The van der Waals surface area contributed by atoms with Crippen molar-refractivity contribution in [3.05, 3.63) is 64.7 Å². The first-order chi connectivity index (χ1) is 15.9. The number of thiophene rings is 1. The molecule has 1 aliphatic heterocycles. The van der Waals surface area contributed by atoms with Crippen LogP contribution in [0.3, 0.4) is 0 Å². The summed E-state index contributed by atoms with van der Waals surface area (Å²) in [6, 6.07) is 11.8. The van der Waals surface area contributed by atoms with Gasteiger partial charge in [-0.25, -0.2) is 8.42 Å². The lowest BCUT2D eigenvalue weighted by molar-refractivity contribution is -0.139. The van der Waals surface area contributed by atoms with Crippen molar-refractivity contribution in [2.24, 2.45) is 0 Å². The summed E-state index contributed by atoms with van der Waals surface area (Å²) in [5.74, 6) is -0.405. The van der Waals surface area contributed by atoms with Crippen LogP contribution in [0, 0.1) is 6.92 Å². The number of nitrogens with zero attached hydrogens (tertiary/aromatic N) is 1. The van der Waals surface area contributed by atoms with Crippen LogP contribution in [0.1, 0.15) is 17.5 Å². The normalized spacial score (nSPS) is 17.2. The Morgan fingerprint density at radius 2 is 1.91 bits per heavy atom. The van der Waals surface area contributed by atoms with Crippen molar-refractivity contribution in [2.75, 3.05) is 24.9 Å². The average Bonchev–Trinajstić information content (AvgIpc) is 3.33. The molecule has 34 heavy (non-hydrogen) atoms. The first-order valence-corrected chi connectivity index (χ1v) is 13.1. The number of aryl methyl sites for hydroxylation is 1. The van der Waals surface area contributed by atoms with Crippen molar-refractivity contribution >= 4 is 38.6 Å². The molecule has 4 rings (SSSR count). The number of nitrogens with one attached hydrogen (secondary N) is 1. The van der Waals surface area contributed by atoms with Gasteiger partial charge in [-0.15, -0.1) is 11.3 Å². The Kier molecular flexibility index (Phi) is 6.87. The lowest BCUT2D eigenvalue weighted by Crippen LogP contribution is -2.23. The van der Waals surface area contributed by atoms with Crippen LogP contribution in [0.25, 0.3) is 10.4 Å². The molecule has 182 valence electrons. The molecule has 1 N–H and O–H groups in total. The Morgan fingerprint density at radius 1 is 1.18 bits per heavy atom. The van der Waals surface area contributed by atoms with Gasteiger partial charge < -0.3 is 9.64 Å². The number of ether oxygens (including phenoxy) is 1. The van der Waals surface area contributed by atoms with E-state index in [1.54, 1.807) is 0 Å². The molecule has 0 bridgehead atoms. The zero-order valence-corrected chi connectivity index (χ0v) is 20.7. The molecule has 11 heteroatoms. The molecule has 2 aromatic carbocycles. The summed E-state index contributed by atoms with van der Waals surface area (Å²) in [7, 11) is -2.24. The molecule has 2 heterocycles. The molecule has 1 aliphatic rings. The number of anilines is 1. The number of benzene rings is 2. The molecule has 5 nitrogen and oxygen atoms in total. The average molecular weight is 531 g/mol. The second kappa shape index (κ2) is 9.41. The van der Waals surface area contributed by atoms with Crippen molar-refractivity contribution in [3.8, 4) is 16.2 Å². The third-order valence-electron chi connectivity index (χ3n) is 5.50. The predicted molar refractivity (Wildman–Crippen MR) is 128 cm³/mol. The minimum Gasteiger partial charge on any atom is -0.488 e. The Bertz CT molecular complexity index is 1310. The molecule has 0 saturated carbocycles. The van der Waals surface area contributed by atoms with Gasteiger partial charge in [0, 0.05) is 19.2 Å². The lowest BCUT2D eigenvalue weighted by Gasteiger charge is -2.19. The van der Waals surface area contributed by atoms with E-state index in [4.69, 9.17) is 16.3 Å². The van der Waals surface area contributed by atoms with Crippen LogP contribution in [0.15, 0.2) is 52.7 Å². The molecule has 0 amide bonds. The van der Waals surface area contributed by atoms with Gasteiger partial charge in [-0.2, -0.15) is 13.2 Å². The molecule has 1 aromatic heterocycles. The van der Waals surface area contributed by atoms with E-state index in [0.29, 0.717) is 24.4 Å². The van der Waals surface area contributed by atoms with E-state index in [1.807, 2.05) is 43.1 Å². The predicted octanol–water partition coefficient (Wildman–Crippen LogP) is 6.28. The van der Waals surface area contributed by atoms with Crippen molar-refractivity contribution in [3.63, 3.8) is 0 Å². The van der Waals surface area contributed by atoms with Gasteiger partial charge in [0.25, 0.3) is 10.0 Å². The number of halogens is 4. The molecule has 1 saturated heterocycles. The summed E-state index contributed by atoms with van der Waals surface area (Å²) in [6.07, 6.45) is -4.47. The van der Waals surface area contributed by atoms with Gasteiger partial charge in [0.05, 0.1) is 21.2 Å². The maximum atomic E-state index is 13.5.